The molecule has 0 atom stereocenters. The van der Waals surface area contributed by atoms with Gasteiger partial charge in [-0.05, 0) is 6.07 Å². The van der Waals surface area contributed by atoms with Crippen LogP contribution in [0.4, 0.5) is 0 Å². The average molecular weight is 253 g/mol. The molecule has 4 aromatic rings. The van der Waals surface area contributed by atoms with Gasteiger partial charge in [0, 0.05) is 11.8 Å². The molecule has 0 radical (unpaired) electrons. The third-order valence-corrected chi connectivity index (χ3v) is 2.80. The second kappa shape index (κ2) is 3.48. The highest BCUT2D eigenvalue weighted by molar-refractivity contribution is 5.79. The summed E-state index contributed by atoms with van der Waals surface area (Å²) in [4.78, 5) is 36.0. The molecule has 0 bridgehead atoms. The molecule has 0 saturated heterocycles. The van der Waals surface area contributed by atoms with Crippen LogP contribution in [0.3, 0.4) is 0 Å². The molecular formula is C11H7N7O. The van der Waals surface area contributed by atoms with Crippen molar-refractivity contribution in [3.8, 4) is 11.4 Å². The fourth-order valence-electron chi connectivity index (χ4n) is 1.95. The minimum Gasteiger partial charge on any atom is -0.335 e. The third kappa shape index (κ3) is 1.50. The van der Waals surface area contributed by atoms with Gasteiger partial charge in [-0.2, -0.15) is 0 Å². The van der Waals surface area contributed by atoms with Crippen molar-refractivity contribution in [1.29, 1.82) is 0 Å². The predicted octanol–water partition coefficient (Wildman–Crippen LogP) is 0.584. The summed E-state index contributed by atoms with van der Waals surface area (Å²) >= 11 is 0. The number of rotatable bonds is 1. The lowest BCUT2D eigenvalue weighted by molar-refractivity contribution is 1.20. The molecule has 0 fully saturated rings. The van der Waals surface area contributed by atoms with E-state index in [0.717, 1.165) is 11.1 Å². The molecule has 8 nitrogen and oxygen atoms in total. The molecular weight excluding hydrogens is 246 g/mol. The van der Waals surface area contributed by atoms with Gasteiger partial charge in [0.1, 0.15) is 17.7 Å². The second-order valence-corrected chi connectivity index (χ2v) is 4.04. The summed E-state index contributed by atoms with van der Waals surface area (Å²) in [6.45, 7) is 0. The standard InChI is InChI=1S/C11H7N7O/c19-11-16-6-1-5(2-13-9(6)18-11)8-15-7-3-12-4-14-10(7)17-8/h1-4H,(H,12,14,15,17)(H2,13,16,18,19). The zero-order valence-electron chi connectivity index (χ0n) is 9.51. The first-order chi connectivity index (χ1) is 9.29. The van der Waals surface area contributed by atoms with Crippen LogP contribution in [-0.2, 0) is 0 Å². The summed E-state index contributed by atoms with van der Waals surface area (Å²) in [5.41, 5.74) is 2.97. The van der Waals surface area contributed by atoms with Crippen molar-refractivity contribution >= 4 is 22.3 Å². The zero-order valence-corrected chi connectivity index (χ0v) is 9.51. The van der Waals surface area contributed by atoms with Crippen LogP contribution in [0.25, 0.3) is 33.7 Å². The fourth-order valence-corrected chi connectivity index (χ4v) is 1.95. The number of hydrogen-bond donors (Lipinski definition) is 3. The molecule has 0 aromatic carbocycles. The van der Waals surface area contributed by atoms with Gasteiger partial charge >= 0.3 is 5.69 Å². The number of pyridine rings is 1. The van der Waals surface area contributed by atoms with Crippen molar-refractivity contribution in [2.45, 2.75) is 0 Å². The van der Waals surface area contributed by atoms with Crippen LogP contribution >= 0.6 is 0 Å². The fraction of sp³-hybridized carbons (Fsp3) is 0. The molecule has 0 saturated carbocycles. The lowest BCUT2D eigenvalue weighted by Crippen LogP contribution is -1.99. The first-order valence-electron chi connectivity index (χ1n) is 5.54. The maximum atomic E-state index is 11.2. The monoisotopic (exact) mass is 253 g/mol. The Morgan fingerprint density at radius 3 is 2.84 bits per heavy atom. The van der Waals surface area contributed by atoms with E-state index < -0.39 is 0 Å². The lowest BCUT2D eigenvalue weighted by atomic mass is 10.2. The van der Waals surface area contributed by atoms with E-state index in [1.807, 2.05) is 0 Å². The molecule has 4 rings (SSSR count). The van der Waals surface area contributed by atoms with Crippen LogP contribution < -0.4 is 5.69 Å². The number of nitrogens with zero attached hydrogens (tertiary/aromatic N) is 4. The van der Waals surface area contributed by atoms with Crippen molar-refractivity contribution in [2.24, 2.45) is 0 Å². The number of H-pyrrole nitrogens is 3. The first kappa shape index (κ1) is 9.95. The van der Waals surface area contributed by atoms with Crippen LogP contribution in [-0.4, -0.2) is 34.9 Å². The average Bonchev–Trinajstić information content (AvgIpc) is 2.99. The molecule has 3 N–H and O–H groups in total. The molecule has 8 heteroatoms. The van der Waals surface area contributed by atoms with Gasteiger partial charge in [-0.1, -0.05) is 0 Å². The highest BCUT2D eigenvalue weighted by Gasteiger charge is 2.08. The van der Waals surface area contributed by atoms with Crippen molar-refractivity contribution in [3.63, 3.8) is 0 Å². The number of hydrogen-bond acceptors (Lipinski definition) is 5. The van der Waals surface area contributed by atoms with E-state index in [1.54, 1.807) is 18.5 Å². The largest absolute Gasteiger partial charge is 0.335 e. The van der Waals surface area contributed by atoms with E-state index in [1.165, 1.54) is 6.33 Å². The van der Waals surface area contributed by atoms with E-state index in [-0.39, 0.29) is 5.69 Å². The van der Waals surface area contributed by atoms with Gasteiger partial charge in [0.25, 0.3) is 0 Å². The van der Waals surface area contributed by atoms with E-state index in [9.17, 15) is 4.79 Å². The molecule has 0 aliphatic heterocycles. The summed E-state index contributed by atoms with van der Waals surface area (Å²) in [7, 11) is 0. The normalized spacial score (nSPS) is 11.4. The number of aromatic amines is 3. The smallest absolute Gasteiger partial charge is 0.325 e. The van der Waals surface area contributed by atoms with Crippen LogP contribution in [0.15, 0.2) is 29.6 Å². The summed E-state index contributed by atoms with van der Waals surface area (Å²) in [5.74, 6) is 0.631. The second-order valence-electron chi connectivity index (χ2n) is 4.04. The number of nitrogens with one attached hydrogen (secondary N) is 3. The van der Waals surface area contributed by atoms with Crippen molar-refractivity contribution in [3.05, 3.63) is 35.3 Å². The van der Waals surface area contributed by atoms with Crippen LogP contribution in [0.5, 0.6) is 0 Å². The highest BCUT2D eigenvalue weighted by Crippen LogP contribution is 2.19. The van der Waals surface area contributed by atoms with Gasteiger partial charge < -0.3 is 9.97 Å². The molecule has 0 spiro atoms. The van der Waals surface area contributed by atoms with Crippen molar-refractivity contribution in [1.82, 2.24) is 34.9 Å². The Morgan fingerprint density at radius 1 is 1.00 bits per heavy atom. The number of imidazole rings is 2. The van der Waals surface area contributed by atoms with Gasteiger partial charge in [0.2, 0.25) is 0 Å². The van der Waals surface area contributed by atoms with Gasteiger partial charge in [0.05, 0.1) is 11.7 Å². The summed E-state index contributed by atoms with van der Waals surface area (Å²) in [5, 5.41) is 0. The van der Waals surface area contributed by atoms with Crippen molar-refractivity contribution < 1.29 is 0 Å². The Kier molecular flexibility index (Phi) is 1.82. The molecule has 92 valence electrons. The minimum atomic E-state index is -0.282. The number of aromatic nitrogens is 7. The Labute approximate surface area is 105 Å². The molecule has 4 aromatic heterocycles. The van der Waals surface area contributed by atoms with Gasteiger partial charge in [-0.3, -0.25) is 4.98 Å². The van der Waals surface area contributed by atoms with E-state index in [2.05, 4.69) is 34.9 Å². The van der Waals surface area contributed by atoms with Gasteiger partial charge in [-0.15, -0.1) is 0 Å². The summed E-state index contributed by atoms with van der Waals surface area (Å²) < 4.78 is 0. The summed E-state index contributed by atoms with van der Waals surface area (Å²) in [6, 6.07) is 1.80. The Hall–Kier alpha value is -3.03. The van der Waals surface area contributed by atoms with Crippen LogP contribution in [0.2, 0.25) is 0 Å². The molecule has 0 unspecified atom stereocenters. The predicted molar refractivity (Wildman–Crippen MR) is 67.4 cm³/mol. The molecule has 0 aliphatic rings. The SMILES string of the molecule is O=c1[nH]c2cc(-c3nc4ncncc4[nH]3)cnc2[nH]1. The Morgan fingerprint density at radius 2 is 1.95 bits per heavy atom. The highest BCUT2D eigenvalue weighted by atomic mass is 16.1. The lowest BCUT2D eigenvalue weighted by Gasteiger charge is -1.95. The van der Waals surface area contributed by atoms with Crippen LogP contribution in [0.1, 0.15) is 0 Å². The maximum Gasteiger partial charge on any atom is 0.325 e. The van der Waals surface area contributed by atoms with Crippen LogP contribution in [0, 0.1) is 0 Å². The molecule has 0 aliphatic carbocycles. The van der Waals surface area contributed by atoms with Gasteiger partial charge in [-0.25, -0.2) is 24.7 Å². The molecule has 19 heavy (non-hydrogen) atoms. The summed E-state index contributed by atoms with van der Waals surface area (Å²) in [6.07, 6.45) is 4.73. The van der Waals surface area contributed by atoms with Gasteiger partial charge in [0.15, 0.2) is 11.3 Å². The number of fused-ring (bicyclic) bond motifs is 2. The van der Waals surface area contributed by atoms with E-state index >= 15 is 0 Å². The first-order valence-corrected chi connectivity index (χ1v) is 5.54. The van der Waals surface area contributed by atoms with E-state index in [4.69, 9.17) is 0 Å². The molecule has 0 amide bonds. The molecule has 4 heterocycles. The third-order valence-electron chi connectivity index (χ3n) is 2.80. The Balaban J connectivity index is 1.95. The minimum absolute atomic E-state index is 0.282. The van der Waals surface area contributed by atoms with E-state index in [0.29, 0.717) is 22.6 Å². The Bertz CT molecular complexity index is 915. The zero-order chi connectivity index (χ0) is 12.8. The van der Waals surface area contributed by atoms with Crippen molar-refractivity contribution in [2.75, 3.05) is 0 Å². The topological polar surface area (TPSA) is 116 Å². The quantitative estimate of drug-likeness (QED) is 0.459. The maximum absolute atomic E-state index is 11.2.